The molecule has 3 rings (SSSR count). The van der Waals surface area contributed by atoms with E-state index in [1.54, 1.807) is 7.11 Å². The van der Waals surface area contributed by atoms with E-state index in [4.69, 9.17) is 14.5 Å². The smallest absolute Gasteiger partial charge is 0.419 e. The second kappa shape index (κ2) is 9.81. The van der Waals surface area contributed by atoms with Crippen LogP contribution < -0.4 is 9.47 Å². The fourth-order valence-corrected chi connectivity index (χ4v) is 4.02. The van der Waals surface area contributed by atoms with Gasteiger partial charge in [0.1, 0.15) is 23.9 Å². The number of ether oxygens (including phenoxy) is 2. The first-order valence-corrected chi connectivity index (χ1v) is 10.8. The Morgan fingerprint density at radius 1 is 0.970 bits per heavy atom. The summed E-state index contributed by atoms with van der Waals surface area (Å²) in [5, 5.41) is 0. The molecule has 7 heteroatoms. The topological polar surface area (TPSA) is 31.4 Å². The summed E-state index contributed by atoms with van der Waals surface area (Å²) in [5.74, 6) is -0.855. The molecule has 0 radical (unpaired) electrons. The van der Waals surface area contributed by atoms with Crippen LogP contribution in [0.25, 0.3) is 11.3 Å². The van der Waals surface area contributed by atoms with Crippen LogP contribution in [-0.4, -0.2) is 12.1 Å². The predicted molar refractivity (Wildman–Crippen MR) is 120 cm³/mol. The molecule has 0 saturated heterocycles. The molecule has 0 spiro atoms. The first-order valence-electron chi connectivity index (χ1n) is 10.8. The van der Waals surface area contributed by atoms with Crippen molar-refractivity contribution in [1.82, 2.24) is 4.98 Å². The zero-order valence-electron chi connectivity index (χ0n) is 19.4. The zero-order chi connectivity index (χ0) is 24.3. The minimum atomic E-state index is -4.81. The van der Waals surface area contributed by atoms with Crippen molar-refractivity contribution < 1.29 is 27.0 Å². The van der Waals surface area contributed by atoms with Crippen LogP contribution in [0.3, 0.4) is 0 Å². The van der Waals surface area contributed by atoms with Crippen LogP contribution in [0.4, 0.5) is 17.6 Å². The molecule has 0 atom stereocenters. The van der Waals surface area contributed by atoms with Crippen LogP contribution in [0.15, 0.2) is 36.4 Å². The van der Waals surface area contributed by atoms with Gasteiger partial charge in [-0.1, -0.05) is 32.0 Å². The van der Waals surface area contributed by atoms with Gasteiger partial charge in [-0.3, -0.25) is 4.98 Å². The molecule has 0 saturated carbocycles. The average Bonchev–Trinajstić information content (AvgIpc) is 2.78. The van der Waals surface area contributed by atoms with Crippen molar-refractivity contribution in [2.24, 2.45) is 0 Å². The number of alkyl halides is 3. The van der Waals surface area contributed by atoms with E-state index in [2.05, 4.69) is 26.0 Å². The monoisotopic (exact) mass is 461 g/mol. The molecule has 0 unspecified atom stereocenters. The normalized spacial score (nSPS) is 11.5. The highest BCUT2D eigenvalue weighted by Gasteiger charge is 2.34. The molecule has 2 aromatic carbocycles. The van der Waals surface area contributed by atoms with Gasteiger partial charge in [-0.05, 0) is 56.0 Å². The van der Waals surface area contributed by atoms with E-state index in [0.29, 0.717) is 23.1 Å². The van der Waals surface area contributed by atoms with E-state index in [1.165, 1.54) is 17.2 Å². The number of pyridine rings is 1. The van der Waals surface area contributed by atoms with Gasteiger partial charge in [0.25, 0.3) is 0 Å². The molecular weight excluding hydrogens is 434 g/mol. The van der Waals surface area contributed by atoms with Crippen molar-refractivity contribution in [3.05, 3.63) is 75.7 Å². The van der Waals surface area contributed by atoms with Crippen LogP contribution in [0, 0.1) is 19.7 Å². The lowest BCUT2D eigenvalue weighted by Gasteiger charge is -2.21. The van der Waals surface area contributed by atoms with Crippen molar-refractivity contribution in [2.45, 2.75) is 53.3 Å². The number of hydrogen-bond acceptors (Lipinski definition) is 3. The number of nitrogens with zero attached hydrogens (tertiary/aromatic N) is 1. The minimum absolute atomic E-state index is 0.0673. The highest BCUT2D eigenvalue weighted by atomic mass is 19.4. The SMILES string of the molecule is CCc1cccc(CC)c1-c1nc(C)c(COc2ccc(F)c(C(F)(F)F)c2)c(OC)c1C. The molecule has 0 bridgehead atoms. The van der Waals surface area contributed by atoms with E-state index >= 15 is 0 Å². The van der Waals surface area contributed by atoms with Gasteiger partial charge in [-0.2, -0.15) is 13.2 Å². The predicted octanol–water partition coefficient (Wildman–Crippen LogP) is 7.24. The summed E-state index contributed by atoms with van der Waals surface area (Å²) in [6, 6.07) is 8.80. The van der Waals surface area contributed by atoms with Gasteiger partial charge in [0, 0.05) is 16.8 Å². The highest BCUT2D eigenvalue weighted by Crippen LogP contribution is 2.38. The van der Waals surface area contributed by atoms with Crippen molar-refractivity contribution in [3.63, 3.8) is 0 Å². The molecule has 1 aromatic heterocycles. The number of halogens is 4. The fraction of sp³-hybridized carbons (Fsp3) is 0.346. The zero-order valence-corrected chi connectivity index (χ0v) is 19.4. The molecule has 176 valence electrons. The lowest BCUT2D eigenvalue weighted by molar-refractivity contribution is -0.140. The minimum Gasteiger partial charge on any atom is -0.496 e. The van der Waals surface area contributed by atoms with Crippen molar-refractivity contribution in [1.29, 1.82) is 0 Å². The third-order valence-electron chi connectivity index (χ3n) is 5.75. The number of aromatic nitrogens is 1. The van der Waals surface area contributed by atoms with E-state index in [0.717, 1.165) is 35.7 Å². The summed E-state index contributed by atoms with van der Waals surface area (Å²) >= 11 is 0. The third kappa shape index (κ3) is 4.97. The first kappa shape index (κ1) is 24.6. The highest BCUT2D eigenvalue weighted by molar-refractivity contribution is 5.73. The Labute approximate surface area is 191 Å². The van der Waals surface area contributed by atoms with Gasteiger partial charge < -0.3 is 9.47 Å². The maximum absolute atomic E-state index is 13.6. The molecular formula is C26H27F4NO2. The largest absolute Gasteiger partial charge is 0.496 e. The van der Waals surface area contributed by atoms with Crippen molar-refractivity contribution >= 4 is 0 Å². The van der Waals surface area contributed by atoms with Crippen LogP contribution in [0.2, 0.25) is 0 Å². The van der Waals surface area contributed by atoms with Gasteiger partial charge in [0.05, 0.1) is 23.9 Å². The number of rotatable bonds is 7. The standard InChI is InChI=1S/C26H27F4NO2/c1-6-17-9-8-10-18(7-2)23(17)24-15(3)25(32-5)20(16(4)31-24)14-33-19-11-12-22(27)21(13-19)26(28,29)30/h8-13H,6-7,14H2,1-5H3. The van der Waals surface area contributed by atoms with Crippen LogP contribution in [0.5, 0.6) is 11.5 Å². The summed E-state index contributed by atoms with van der Waals surface area (Å²) in [4.78, 5) is 4.85. The van der Waals surface area contributed by atoms with E-state index in [-0.39, 0.29) is 12.4 Å². The Morgan fingerprint density at radius 2 is 1.61 bits per heavy atom. The number of aryl methyl sites for hydroxylation is 3. The average molecular weight is 461 g/mol. The molecule has 3 aromatic rings. The molecule has 0 aliphatic heterocycles. The maximum Gasteiger partial charge on any atom is 0.419 e. The summed E-state index contributed by atoms with van der Waals surface area (Å²) in [5.41, 5.74) is 5.01. The molecule has 0 amide bonds. The lowest BCUT2D eigenvalue weighted by atomic mass is 9.91. The Morgan fingerprint density at radius 3 is 2.15 bits per heavy atom. The van der Waals surface area contributed by atoms with Gasteiger partial charge in [0.2, 0.25) is 0 Å². The molecule has 0 fully saturated rings. The summed E-state index contributed by atoms with van der Waals surface area (Å²) in [6.07, 6.45) is -3.11. The maximum atomic E-state index is 13.6. The quantitative estimate of drug-likeness (QED) is 0.348. The fourth-order valence-electron chi connectivity index (χ4n) is 4.02. The summed E-state index contributed by atoms with van der Waals surface area (Å²) < 4.78 is 64.0. The Balaban J connectivity index is 2.03. The second-order valence-electron chi connectivity index (χ2n) is 7.77. The second-order valence-corrected chi connectivity index (χ2v) is 7.77. The molecule has 3 nitrogen and oxygen atoms in total. The third-order valence-corrected chi connectivity index (χ3v) is 5.75. The van der Waals surface area contributed by atoms with Crippen LogP contribution in [-0.2, 0) is 25.6 Å². The van der Waals surface area contributed by atoms with Crippen molar-refractivity contribution in [2.75, 3.05) is 7.11 Å². The number of benzene rings is 2. The van der Waals surface area contributed by atoms with E-state index < -0.39 is 17.6 Å². The first-order chi connectivity index (χ1) is 15.6. The van der Waals surface area contributed by atoms with E-state index in [9.17, 15) is 17.6 Å². The van der Waals surface area contributed by atoms with Gasteiger partial charge in [0.15, 0.2) is 0 Å². The molecule has 0 N–H and O–H groups in total. The van der Waals surface area contributed by atoms with Crippen LogP contribution >= 0.6 is 0 Å². The van der Waals surface area contributed by atoms with Crippen molar-refractivity contribution in [3.8, 4) is 22.8 Å². The number of hydrogen-bond donors (Lipinski definition) is 0. The summed E-state index contributed by atoms with van der Waals surface area (Å²) in [7, 11) is 1.54. The van der Waals surface area contributed by atoms with Gasteiger partial charge in [-0.15, -0.1) is 0 Å². The Bertz CT molecular complexity index is 1130. The Hall–Kier alpha value is -3.09. The molecule has 0 aliphatic carbocycles. The van der Waals surface area contributed by atoms with Crippen LogP contribution in [0.1, 0.15) is 47.4 Å². The molecule has 1 heterocycles. The lowest BCUT2D eigenvalue weighted by Crippen LogP contribution is -2.10. The van der Waals surface area contributed by atoms with Gasteiger partial charge in [-0.25, -0.2) is 4.39 Å². The molecule has 0 aliphatic rings. The van der Waals surface area contributed by atoms with Gasteiger partial charge >= 0.3 is 6.18 Å². The number of methoxy groups -OCH3 is 1. The Kier molecular flexibility index (Phi) is 7.30. The van der Waals surface area contributed by atoms with E-state index in [1.807, 2.05) is 19.9 Å². The summed E-state index contributed by atoms with van der Waals surface area (Å²) in [6.45, 7) is 7.85. The molecule has 33 heavy (non-hydrogen) atoms.